The number of nitrogens with one attached hydrogen (secondary N) is 3. The van der Waals surface area contributed by atoms with Gasteiger partial charge in [-0.2, -0.15) is 5.10 Å². The van der Waals surface area contributed by atoms with Gasteiger partial charge in [0.1, 0.15) is 5.82 Å². The van der Waals surface area contributed by atoms with Crippen LogP contribution in [0.2, 0.25) is 5.02 Å². The van der Waals surface area contributed by atoms with E-state index in [0.717, 1.165) is 42.5 Å². The van der Waals surface area contributed by atoms with Crippen LogP contribution in [0.15, 0.2) is 60.7 Å². The lowest BCUT2D eigenvalue weighted by Gasteiger charge is -2.29. The van der Waals surface area contributed by atoms with Crippen LogP contribution in [-0.2, 0) is 0 Å². The molecule has 174 valence electrons. The highest BCUT2D eigenvalue weighted by molar-refractivity contribution is 6.33. The Hall–Kier alpha value is -3.42. The molecule has 2 heterocycles. The number of H-pyrrole nitrogens is 1. The monoisotopic (exact) mass is 477 g/mol. The van der Waals surface area contributed by atoms with Crippen molar-refractivity contribution in [3.05, 3.63) is 82.6 Å². The molecule has 0 radical (unpaired) electrons. The molecule has 0 saturated carbocycles. The molecule has 4 aromatic rings. The number of hydrogen-bond acceptors (Lipinski definition) is 4. The van der Waals surface area contributed by atoms with Gasteiger partial charge in [0.05, 0.1) is 16.2 Å². The third-order valence-electron chi connectivity index (χ3n) is 6.37. The predicted octanol–water partition coefficient (Wildman–Crippen LogP) is 6.16. The van der Waals surface area contributed by atoms with Crippen molar-refractivity contribution >= 4 is 45.6 Å². The first-order chi connectivity index (χ1) is 16.5. The molecule has 3 aromatic carbocycles. The van der Waals surface area contributed by atoms with E-state index in [9.17, 15) is 9.18 Å². The number of carbonyl (C=O) groups is 1. The summed E-state index contributed by atoms with van der Waals surface area (Å²) < 4.78 is 13.3. The van der Waals surface area contributed by atoms with Crippen molar-refractivity contribution in [2.45, 2.75) is 18.8 Å². The number of aromatic amines is 1. The SMILES string of the molecule is CN1CCC(c2ccc(C(=O)Nc3n[nH]c4cc(Nc5ccc(F)cc5Cl)ccc34)cc2)CC1. The van der Waals surface area contributed by atoms with E-state index in [0.29, 0.717) is 28.0 Å². The first-order valence-corrected chi connectivity index (χ1v) is 11.6. The van der Waals surface area contributed by atoms with Gasteiger partial charge in [-0.25, -0.2) is 4.39 Å². The lowest BCUT2D eigenvalue weighted by atomic mass is 9.89. The van der Waals surface area contributed by atoms with Gasteiger partial charge in [-0.3, -0.25) is 9.89 Å². The lowest BCUT2D eigenvalue weighted by molar-refractivity contribution is 0.102. The van der Waals surface area contributed by atoms with Crippen molar-refractivity contribution < 1.29 is 9.18 Å². The van der Waals surface area contributed by atoms with Crippen LogP contribution in [0, 0.1) is 5.82 Å². The van der Waals surface area contributed by atoms with Crippen LogP contribution in [0.5, 0.6) is 0 Å². The molecule has 0 unspecified atom stereocenters. The van der Waals surface area contributed by atoms with Gasteiger partial charge in [-0.05, 0) is 93.0 Å². The highest BCUT2D eigenvalue weighted by Crippen LogP contribution is 2.30. The fourth-order valence-electron chi connectivity index (χ4n) is 4.37. The third kappa shape index (κ3) is 4.76. The Morgan fingerprint density at radius 3 is 2.59 bits per heavy atom. The minimum Gasteiger partial charge on any atom is -0.354 e. The summed E-state index contributed by atoms with van der Waals surface area (Å²) in [7, 11) is 2.15. The van der Waals surface area contributed by atoms with E-state index in [2.05, 4.69) is 44.9 Å². The zero-order valence-electron chi connectivity index (χ0n) is 18.7. The normalized spacial score (nSPS) is 14.9. The third-order valence-corrected chi connectivity index (χ3v) is 6.68. The van der Waals surface area contributed by atoms with Crippen molar-refractivity contribution in [2.75, 3.05) is 30.8 Å². The summed E-state index contributed by atoms with van der Waals surface area (Å²) in [6.07, 6.45) is 2.29. The molecule has 1 aliphatic heterocycles. The van der Waals surface area contributed by atoms with Crippen LogP contribution in [0.1, 0.15) is 34.7 Å². The summed E-state index contributed by atoms with van der Waals surface area (Å²) in [6, 6.07) is 17.6. The van der Waals surface area contributed by atoms with Crippen molar-refractivity contribution in [2.24, 2.45) is 0 Å². The van der Waals surface area contributed by atoms with Crippen LogP contribution in [-0.4, -0.2) is 41.1 Å². The Bertz CT molecular complexity index is 1330. The number of rotatable bonds is 5. The number of aromatic nitrogens is 2. The minimum absolute atomic E-state index is 0.205. The quantitative estimate of drug-likeness (QED) is 0.322. The van der Waals surface area contributed by atoms with Gasteiger partial charge < -0.3 is 15.5 Å². The van der Waals surface area contributed by atoms with Gasteiger partial charge in [0.2, 0.25) is 0 Å². The Morgan fingerprint density at radius 2 is 1.85 bits per heavy atom. The van der Waals surface area contributed by atoms with Crippen molar-refractivity contribution in [3.63, 3.8) is 0 Å². The van der Waals surface area contributed by atoms with Gasteiger partial charge in [-0.1, -0.05) is 23.7 Å². The molecule has 1 fully saturated rings. The Labute approximate surface area is 202 Å². The van der Waals surface area contributed by atoms with E-state index in [1.54, 1.807) is 6.07 Å². The summed E-state index contributed by atoms with van der Waals surface area (Å²) in [6.45, 7) is 2.21. The Morgan fingerprint density at radius 1 is 1.09 bits per heavy atom. The number of anilines is 3. The van der Waals surface area contributed by atoms with Crippen molar-refractivity contribution in [1.82, 2.24) is 15.1 Å². The lowest BCUT2D eigenvalue weighted by Crippen LogP contribution is -2.29. The summed E-state index contributed by atoms with van der Waals surface area (Å²) in [5, 5.41) is 14.4. The van der Waals surface area contributed by atoms with Gasteiger partial charge in [0.15, 0.2) is 5.82 Å². The van der Waals surface area contributed by atoms with E-state index in [1.807, 2.05) is 30.3 Å². The predicted molar refractivity (Wildman–Crippen MR) is 135 cm³/mol. The highest BCUT2D eigenvalue weighted by Gasteiger charge is 2.19. The van der Waals surface area contributed by atoms with Gasteiger partial charge in [-0.15, -0.1) is 0 Å². The molecule has 0 spiro atoms. The standard InChI is InChI=1S/C26H25ClFN5O/c1-33-12-10-17(11-13-33)16-2-4-18(5-3-16)26(34)30-25-21-8-7-20(15-24(21)31-32-25)29-23-9-6-19(28)14-22(23)27/h2-9,14-15,17,29H,10-13H2,1H3,(H2,30,31,32,34). The molecule has 1 aromatic heterocycles. The van der Waals surface area contributed by atoms with E-state index in [-0.39, 0.29) is 5.91 Å². The molecule has 0 atom stereocenters. The number of benzene rings is 3. The molecule has 0 bridgehead atoms. The second-order valence-electron chi connectivity index (χ2n) is 8.74. The number of carbonyl (C=O) groups excluding carboxylic acids is 1. The van der Waals surface area contributed by atoms with Crippen LogP contribution >= 0.6 is 11.6 Å². The van der Waals surface area contributed by atoms with Crippen LogP contribution in [0.4, 0.5) is 21.6 Å². The average molecular weight is 478 g/mol. The molecule has 1 saturated heterocycles. The Balaban J connectivity index is 1.27. The van der Waals surface area contributed by atoms with Crippen molar-refractivity contribution in [1.29, 1.82) is 0 Å². The number of hydrogen-bond donors (Lipinski definition) is 3. The molecule has 1 amide bonds. The van der Waals surface area contributed by atoms with Gasteiger partial charge >= 0.3 is 0 Å². The maximum Gasteiger partial charge on any atom is 0.256 e. The summed E-state index contributed by atoms with van der Waals surface area (Å²) >= 11 is 6.10. The number of halogens is 2. The molecule has 0 aliphatic carbocycles. The van der Waals surface area contributed by atoms with E-state index in [1.165, 1.54) is 17.7 Å². The number of amides is 1. The molecule has 6 nitrogen and oxygen atoms in total. The maximum absolute atomic E-state index is 13.3. The largest absolute Gasteiger partial charge is 0.354 e. The Kier molecular flexibility index (Phi) is 6.22. The summed E-state index contributed by atoms with van der Waals surface area (Å²) in [5.41, 5.74) is 3.98. The zero-order chi connectivity index (χ0) is 23.7. The molecule has 5 rings (SSSR count). The van der Waals surface area contributed by atoms with Crippen LogP contribution in [0.25, 0.3) is 10.9 Å². The zero-order valence-corrected chi connectivity index (χ0v) is 19.5. The number of fused-ring (bicyclic) bond motifs is 1. The second kappa shape index (κ2) is 9.44. The minimum atomic E-state index is -0.392. The van der Waals surface area contributed by atoms with Crippen LogP contribution < -0.4 is 10.6 Å². The first-order valence-electron chi connectivity index (χ1n) is 11.3. The first kappa shape index (κ1) is 22.4. The fourth-order valence-corrected chi connectivity index (χ4v) is 4.58. The van der Waals surface area contributed by atoms with E-state index in [4.69, 9.17) is 11.6 Å². The summed E-state index contributed by atoms with van der Waals surface area (Å²) in [5.74, 6) is 0.419. The van der Waals surface area contributed by atoms with Gasteiger partial charge in [0, 0.05) is 16.6 Å². The molecular weight excluding hydrogens is 453 g/mol. The molecular formula is C26H25ClFN5O. The maximum atomic E-state index is 13.3. The smallest absolute Gasteiger partial charge is 0.256 e. The number of piperidine rings is 1. The number of nitrogens with zero attached hydrogens (tertiary/aromatic N) is 2. The topological polar surface area (TPSA) is 73.0 Å². The molecule has 1 aliphatic rings. The number of likely N-dealkylation sites (tertiary alicyclic amines) is 1. The fraction of sp³-hybridized carbons (Fsp3) is 0.231. The average Bonchev–Trinajstić information content (AvgIpc) is 3.23. The second-order valence-corrected chi connectivity index (χ2v) is 9.14. The molecule has 3 N–H and O–H groups in total. The van der Waals surface area contributed by atoms with E-state index >= 15 is 0 Å². The highest BCUT2D eigenvalue weighted by atomic mass is 35.5. The molecule has 8 heteroatoms. The summed E-state index contributed by atoms with van der Waals surface area (Å²) in [4.78, 5) is 15.2. The van der Waals surface area contributed by atoms with E-state index < -0.39 is 5.82 Å². The van der Waals surface area contributed by atoms with Crippen LogP contribution in [0.3, 0.4) is 0 Å². The van der Waals surface area contributed by atoms with Gasteiger partial charge in [0.25, 0.3) is 5.91 Å². The molecule has 34 heavy (non-hydrogen) atoms. The van der Waals surface area contributed by atoms with Crippen molar-refractivity contribution in [3.8, 4) is 0 Å².